The lowest BCUT2D eigenvalue weighted by Crippen LogP contribution is -2.51. The molecular formula is C11H12N2O. The van der Waals surface area contributed by atoms with Crippen LogP contribution in [-0.2, 0) is 0 Å². The minimum absolute atomic E-state index is 0.234. The van der Waals surface area contributed by atoms with Crippen molar-refractivity contribution in [3.05, 3.63) is 29.3 Å². The summed E-state index contributed by atoms with van der Waals surface area (Å²) >= 11 is 0. The van der Waals surface area contributed by atoms with Crippen molar-refractivity contribution in [1.29, 1.82) is 5.26 Å². The van der Waals surface area contributed by atoms with Gasteiger partial charge < -0.3 is 10.0 Å². The van der Waals surface area contributed by atoms with Crippen molar-refractivity contribution in [2.75, 3.05) is 18.0 Å². The van der Waals surface area contributed by atoms with Crippen LogP contribution in [0.4, 0.5) is 5.69 Å². The predicted octanol–water partition coefficient (Wildman–Crippen LogP) is 1.05. The summed E-state index contributed by atoms with van der Waals surface area (Å²) in [5, 5.41) is 18.1. The number of hydrogen-bond acceptors (Lipinski definition) is 3. The highest BCUT2D eigenvalue weighted by molar-refractivity contribution is 5.62. The molecule has 72 valence electrons. The van der Waals surface area contributed by atoms with Crippen LogP contribution in [0.15, 0.2) is 18.2 Å². The van der Waals surface area contributed by atoms with Gasteiger partial charge in [-0.15, -0.1) is 0 Å². The Labute approximate surface area is 83.2 Å². The summed E-state index contributed by atoms with van der Waals surface area (Å²) in [6.07, 6.45) is -0.234. The van der Waals surface area contributed by atoms with Crippen LogP contribution >= 0.6 is 0 Å². The Morgan fingerprint density at radius 1 is 1.50 bits per heavy atom. The Morgan fingerprint density at radius 2 is 2.21 bits per heavy atom. The lowest BCUT2D eigenvalue weighted by atomic mass is 10.1. The van der Waals surface area contributed by atoms with Crippen molar-refractivity contribution < 1.29 is 5.11 Å². The summed E-state index contributed by atoms with van der Waals surface area (Å²) in [5.74, 6) is 0. The molecule has 1 aromatic rings. The third-order valence-electron chi connectivity index (χ3n) is 2.48. The number of nitrogens with zero attached hydrogens (tertiary/aromatic N) is 2. The topological polar surface area (TPSA) is 47.3 Å². The van der Waals surface area contributed by atoms with Crippen LogP contribution in [0.25, 0.3) is 0 Å². The van der Waals surface area contributed by atoms with E-state index in [0.29, 0.717) is 18.7 Å². The van der Waals surface area contributed by atoms with Gasteiger partial charge in [0.05, 0.1) is 17.4 Å². The molecule has 0 aliphatic carbocycles. The van der Waals surface area contributed by atoms with Gasteiger partial charge in [-0.1, -0.05) is 6.07 Å². The van der Waals surface area contributed by atoms with Crippen molar-refractivity contribution >= 4 is 5.69 Å². The monoisotopic (exact) mass is 188 g/mol. The highest BCUT2D eigenvalue weighted by atomic mass is 16.3. The van der Waals surface area contributed by atoms with E-state index < -0.39 is 0 Å². The number of aryl methyl sites for hydroxylation is 1. The number of nitriles is 1. The van der Waals surface area contributed by atoms with Gasteiger partial charge in [-0.2, -0.15) is 5.26 Å². The Hall–Kier alpha value is -1.53. The fraction of sp³-hybridized carbons (Fsp3) is 0.364. The predicted molar refractivity (Wildman–Crippen MR) is 54.1 cm³/mol. The standard InChI is InChI=1S/C11H12N2O/c1-8-2-3-9(5-12)11(4-8)13-6-10(14)7-13/h2-4,10,14H,6-7H2,1H3. The fourth-order valence-corrected chi connectivity index (χ4v) is 1.65. The molecule has 0 radical (unpaired) electrons. The van der Waals surface area contributed by atoms with E-state index in [9.17, 15) is 5.11 Å². The maximum absolute atomic E-state index is 9.19. The van der Waals surface area contributed by atoms with Crippen LogP contribution in [0.3, 0.4) is 0 Å². The fourth-order valence-electron chi connectivity index (χ4n) is 1.65. The van der Waals surface area contributed by atoms with E-state index in [0.717, 1.165) is 11.3 Å². The summed E-state index contributed by atoms with van der Waals surface area (Å²) in [6, 6.07) is 7.91. The molecule has 14 heavy (non-hydrogen) atoms. The molecule has 0 unspecified atom stereocenters. The Kier molecular flexibility index (Phi) is 2.14. The van der Waals surface area contributed by atoms with E-state index in [-0.39, 0.29) is 6.10 Å². The molecule has 0 amide bonds. The molecule has 3 nitrogen and oxygen atoms in total. The molecule has 0 aromatic heterocycles. The van der Waals surface area contributed by atoms with Gasteiger partial charge in [0.2, 0.25) is 0 Å². The van der Waals surface area contributed by atoms with Gasteiger partial charge in [0, 0.05) is 13.1 Å². The first-order chi connectivity index (χ1) is 6.70. The van der Waals surface area contributed by atoms with Crippen molar-refractivity contribution in [2.45, 2.75) is 13.0 Å². The SMILES string of the molecule is Cc1ccc(C#N)c(N2CC(O)C2)c1. The maximum atomic E-state index is 9.19. The summed E-state index contributed by atoms with van der Waals surface area (Å²) in [7, 11) is 0. The van der Waals surface area contributed by atoms with Crippen LogP contribution in [-0.4, -0.2) is 24.3 Å². The highest BCUT2D eigenvalue weighted by Gasteiger charge is 2.26. The quantitative estimate of drug-likeness (QED) is 0.716. The number of aliphatic hydroxyl groups is 1. The molecular weight excluding hydrogens is 176 g/mol. The molecule has 0 bridgehead atoms. The van der Waals surface area contributed by atoms with Crippen LogP contribution < -0.4 is 4.90 Å². The average molecular weight is 188 g/mol. The second-order valence-electron chi connectivity index (χ2n) is 3.69. The van der Waals surface area contributed by atoms with Gasteiger partial charge >= 0.3 is 0 Å². The van der Waals surface area contributed by atoms with E-state index in [1.165, 1.54) is 0 Å². The average Bonchev–Trinajstić information content (AvgIpc) is 2.13. The van der Waals surface area contributed by atoms with Gasteiger partial charge in [-0.25, -0.2) is 0 Å². The molecule has 1 saturated heterocycles. The first-order valence-corrected chi connectivity index (χ1v) is 4.64. The molecule has 1 aromatic carbocycles. The van der Waals surface area contributed by atoms with Crippen LogP contribution in [0.5, 0.6) is 0 Å². The number of benzene rings is 1. The second kappa shape index (κ2) is 3.32. The summed E-state index contributed by atoms with van der Waals surface area (Å²) < 4.78 is 0. The number of anilines is 1. The van der Waals surface area contributed by atoms with E-state index in [1.807, 2.05) is 30.0 Å². The zero-order valence-corrected chi connectivity index (χ0v) is 8.07. The largest absolute Gasteiger partial charge is 0.389 e. The zero-order valence-electron chi connectivity index (χ0n) is 8.07. The van der Waals surface area contributed by atoms with E-state index in [1.54, 1.807) is 0 Å². The van der Waals surface area contributed by atoms with Crippen molar-refractivity contribution in [1.82, 2.24) is 0 Å². The molecule has 2 rings (SSSR count). The second-order valence-corrected chi connectivity index (χ2v) is 3.69. The third kappa shape index (κ3) is 1.45. The van der Waals surface area contributed by atoms with Crippen molar-refractivity contribution in [2.24, 2.45) is 0 Å². The number of hydrogen-bond donors (Lipinski definition) is 1. The van der Waals surface area contributed by atoms with E-state index in [2.05, 4.69) is 6.07 Å². The molecule has 0 saturated carbocycles. The Balaban J connectivity index is 2.32. The minimum atomic E-state index is -0.234. The summed E-state index contributed by atoms with van der Waals surface area (Å²) in [5.41, 5.74) is 2.76. The van der Waals surface area contributed by atoms with Crippen molar-refractivity contribution in [3.8, 4) is 6.07 Å². The lowest BCUT2D eigenvalue weighted by molar-refractivity contribution is 0.142. The normalized spacial score (nSPS) is 16.2. The molecule has 0 spiro atoms. The van der Waals surface area contributed by atoms with Gasteiger partial charge in [0.15, 0.2) is 0 Å². The smallest absolute Gasteiger partial charge is 0.101 e. The number of β-amino-alcohol motifs (C(OH)–C–C–N with tert-alkyl or cyclic N) is 1. The molecule has 1 aliphatic rings. The minimum Gasteiger partial charge on any atom is -0.389 e. The lowest BCUT2D eigenvalue weighted by Gasteiger charge is -2.38. The molecule has 3 heteroatoms. The number of aliphatic hydroxyl groups excluding tert-OH is 1. The zero-order chi connectivity index (χ0) is 10.1. The van der Waals surface area contributed by atoms with Gasteiger partial charge in [-0.05, 0) is 24.6 Å². The van der Waals surface area contributed by atoms with E-state index >= 15 is 0 Å². The molecule has 1 fully saturated rings. The Morgan fingerprint density at radius 3 is 2.79 bits per heavy atom. The summed E-state index contributed by atoms with van der Waals surface area (Å²) in [4.78, 5) is 2.02. The maximum Gasteiger partial charge on any atom is 0.101 e. The van der Waals surface area contributed by atoms with Gasteiger partial charge in [0.1, 0.15) is 6.07 Å². The van der Waals surface area contributed by atoms with Gasteiger partial charge in [-0.3, -0.25) is 0 Å². The van der Waals surface area contributed by atoms with Crippen LogP contribution in [0, 0.1) is 18.3 Å². The number of rotatable bonds is 1. The molecule has 1 N–H and O–H groups in total. The van der Waals surface area contributed by atoms with Crippen molar-refractivity contribution in [3.63, 3.8) is 0 Å². The molecule has 0 atom stereocenters. The van der Waals surface area contributed by atoms with Crippen LogP contribution in [0.1, 0.15) is 11.1 Å². The van der Waals surface area contributed by atoms with Gasteiger partial charge in [0.25, 0.3) is 0 Å². The highest BCUT2D eigenvalue weighted by Crippen LogP contribution is 2.25. The summed E-state index contributed by atoms with van der Waals surface area (Å²) in [6.45, 7) is 3.27. The third-order valence-corrected chi connectivity index (χ3v) is 2.48. The van der Waals surface area contributed by atoms with E-state index in [4.69, 9.17) is 5.26 Å². The molecule has 1 aliphatic heterocycles. The Bertz CT molecular complexity index is 389. The first-order valence-electron chi connectivity index (χ1n) is 4.64. The molecule has 1 heterocycles. The first kappa shape index (κ1) is 9.04. The van der Waals surface area contributed by atoms with Crippen LogP contribution in [0.2, 0.25) is 0 Å².